The maximum Gasteiger partial charge on any atom is 0.217 e. The Hall–Kier alpha value is -0.610. The molecule has 0 aromatic heterocycles. The molecule has 2 unspecified atom stereocenters. The molecule has 0 aromatic rings. The lowest BCUT2D eigenvalue weighted by Crippen LogP contribution is -2.44. The Balaban J connectivity index is 3.15. The summed E-state index contributed by atoms with van der Waals surface area (Å²) in [5.41, 5.74) is 0. The fraction of sp³-hybridized carbons (Fsp3) is 0.974. The third kappa shape index (κ3) is 34.1. The van der Waals surface area contributed by atoms with Gasteiger partial charge in [-0.05, 0) is 6.42 Å². The Kier molecular flexibility index (Phi) is 35.4. The summed E-state index contributed by atoms with van der Waals surface area (Å²) in [6.07, 6.45) is 45.0. The minimum atomic E-state index is -0.651. The predicted molar refractivity (Wildman–Crippen MR) is 189 cm³/mol. The van der Waals surface area contributed by atoms with Crippen molar-refractivity contribution in [2.45, 2.75) is 238 Å². The van der Waals surface area contributed by atoms with Gasteiger partial charge < -0.3 is 15.5 Å². The van der Waals surface area contributed by atoms with Crippen LogP contribution in [0.1, 0.15) is 226 Å². The molecule has 1 amide bonds. The molecule has 0 spiro atoms. The minimum Gasteiger partial charge on any atom is -0.394 e. The van der Waals surface area contributed by atoms with E-state index in [1.165, 1.54) is 200 Å². The Bertz CT molecular complexity index is 541. The topological polar surface area (TPSA) is 69.6 Å². The fourth-order valence-corrected chi connectivity index (χ4v) is 6.46. The molecule has 0 saturated carbocycles. The van der Waals surface area contributed by atoms with Gasteiger partial charge in [0.05, 0.1) is 18.8 Å². The second kappa shape index (κ2) is 35.9. The molecule has 3 N–H and O–H groups in total. The largest absolute Gasteiger partial charge is 0.394 e. The summed E-state index contributed by atoms with van der Waals surface area (Å²) in [6, 6.07) is -0.532. The van der Waals surface area contributed by atoms with E-state index in [4.69, 9.17) is 0 Å². The van der Waals surface area contributed by atoms with Gasteiger partial charge in [0.1, 0.15) is 0 Å². The zero-order valence-corrected chi connectivity index (χ0v) is 29.5. The van der Waals surface area contributed by atoms with Crippen LogP contribution in [0.4, 0.5) is 0 Å². The van der Waals surface area contributed by atoms with E-state index in [0.717, 1.165) is 12.8 Å². The summed E-state index contributed by atoms with van der Waals surface area (Å²) in [5.74, 6) is -0.205. The number of carbonyl (C=O) groups excluding carboxylic acids is 1. The SMILES string of the molecule is CCCCCCCCCCCCCCCCCCCCCCCCCCCCCCCCCCC(O)C(CO)NC(C)=O. The number of unbranched alkanes of at least 4 members (excludes halogenated alkanes) is 31. The van der Waals surface area contributed by atoms with Gasteiger partial charge in [0.25, 0.3) is 0 Å². The van der Waals surface area contributed by atoms with Crippen LogP contribution in [0.15, 0.2) is 0 Å². The summed E-state index contributed by atoms with van der Waals surface area (Å²) in [7, 11) is 0. The van der Waals surface area contributed by atoms with E-state index in [2.05, 4.69) is 12.2 Å². The summed E-state index contributed by atoms with van der Waals surface area (Å²) < 4.78 is 0. The minimum absolute atomic E-state index is 0.205. The van der Waals surface area contributed by atoms with Gasteiger partial charge in [-0.15, -0.1) is 0 Å². The first-order valence-electron chi connectivity index (χ1n) is 19.7. The van der Waals surface area contributed by atoms with Gasteiger partial charge in [0, 0.05) is 6.92 Å². The second-order valence-corrected chi connectivity index (χ2v) is 13.8. The van der Waals surface area contributed by atoms with Crippen LogP contribution in [-0.4, -0.2) is 34.9 Å². The van der Waals surface area contributed by atoms with Crippen molar-refractivity contribution < 1.29 is 15.0 Å². The van der Waals surface area contributed by atoms with Gasteiger partial charge in [0.2, 0.25) is 5.91 Å². The molecule has 2 atom stereocenters. The van der Waals surface area contributed by atoms with E-state index in [0.29, 0.717) is 6.42 Å². The molecule has 4 heteroatoms. The molecular weight excluding hydrogens is 530 g/mol. The normalized spacial score (nSPS) is 12.9. The Morgan fingerprint density at radius 2 is 0.698 bits per heavy atom. The molecule has 4 nitrogen and oxygen atoms in total. The highest BCUT2D eigenvalue weighted by Crippen LogP contribution is 2.17. The number of hydrogen-bond acceptors (Lipinski definition) is 3. The lowest BCUT2D eigenvalue weighted by Gasteiger charge is -2.21. The highest BCUT2D eigenvalue weighted by molar-refractivity contribution is 5.73. The lowest BCUT2D eigenvalue weighted by molar-refractivity contribution is -0.121. The van der Waals surface area contributed by atoms with Crippen LogP contribution < -0.4 is 5.32 Å². The summed E-state index contributed by atoms with van der Waals surface area (Å²) >= 11 is 0. The molecule has 0 fully saturated rings. The number of rotatable bonds is 36. The third-order valence-corrected chi connectivity index (χ3v) is 9.40. The van der Waals surface area contributed by atoms with Crippen LogP contribution in [0.5, 0.6) is 0 Å². The zero-order chi connectivity index (χ0) is 31.5. The molecule has 0 bridgehead atoms. The first-order valence-corrected chi connectivity index (χ1v) is 19.7. The van der Waals surface area contributed by atoms with Crippen molar-refractivity contribution in [2.75, 3.05) is 6.61 Å². The van der Waals surface area contributed by atoms with Crippen LogP contribution in [0.3, 0.4) is 0 Å². The molecule has 0 heterocycles. The standard InChI is InChI=1S/C39H79NO3/c1-3-4-5-6-7-8-9-10-11-12-13-14-15-16-17-18-19-20-21-22-23-24-25-26-27-28-29-30-31-32-33-34-35-39(43)38(36-41)40-37(2)42/h38-39,41,43H,3-36H2,1-2H3,(H,40,42). The highest BCUT2D eigenvalue weighted by atomic mass is 16.3. The summed E-state index contributed by atoms with van der Waals surface area (Å²) in [4.78, 5) is 11.1. The van der Waals surface area contributed by atoms with Gasteiger partial charge in [-0.2, -0.15) is 0 Å². The van der Waals surface area contributed by atoms with Crippen molar-refractivity contribution in [3.05, 3.63) is 0 Å². The van der Waals surface area contributed by atoms with Crippen LogP contribution in [-0.2, 0) is 4.79 Å². The quantitative estimate of drug-likeness (QED) is 0.0619. The predicted octanol–water partition coefficient (Wildman–Crippen LogP) is 11.7. The Labute approximate surface area is 270 Å². The Morgan fingerprint density at radius 3 is 0.907 bits per heavy atom. The first kappa shape index (κ1) is 42.4. The zero-order valence-electron chi connectivity index (χ0n) is 29.5. The van der Waals surface area contributed by atoms with Crippen molar-refractivity contribution in [3.8, 4) is 0 Å². The second-order valence-electron chi connectivity index (χ2n) is 13.8. The number of amides is 1. The maximum absolute atomic E-state index is 11.1. The van der Waals surface area contributed by atoms with E-state index in [1.54, 1.807) is 0 Å². The third-order valence-electron chi connectivity index (χ3n) is 9.40. The van der Waals surface area contributed by atoms with Crippen molar-refractivity contribution in [3.63, 3.8) is 0 Å². The van der Waals surface area contributed by atoms with Crippen molar-refractivity contribution in [1.29, 1.82) is 0 Å². The maximum atomic E-state index is 11.1. The molecule has 0 aliphatic rings. The summed E-state index contributed by atoms with van der Waals surface area (Å²) in [5, 5.41) is 22.0. The van der Waals surface area contributed by atoms with E-state index >= 15 is 0 Å². The Morgan fingerprint density at radius 1 is 0.465 bits per heavy atom. The summed E-state index contributed by atoms with van der Waals surface area (Å²) in [6.45, 7) is 3.51. The first-order chi connectivity index (χ1) is 21.1. The van der Waals surface area contributed by atoms with E-state index in [1.807, 2.05) is 0 Å². The molecule has 258 valence electrons. The van der Waals surface area contributed by atoms with E-state index in [-0.39, 0.29) is 12.5 Å². The van der Waals surface area contributed by atoms with Crippen LogP contribution in [0, 0.1) is 0 Å². The smallest absolute Gasteiger partial charge is 0.217 e. The molecule has 0 radical (unpaired) electrons. The van der Waals surface area contributed by atoms with Gasteiger partial charge in [-0.3, -0.25) is 4.79 Å². The molecule has 0 aliphatic heterocycles. The average Bonchev–Trinajstić information content (AvgIpc) is 3.00. The number of aliphatic hydroxyl groups is 2. The monoisotopic (exact) mass is 610 g/mol. The van der Waals surface area contributed by atoms with Crippen LogP contribution in [0.2, 0.25) is 0 Å². The molecule has 43 heavy (non-hydrogen) atoms. The van der Waals surface area contributed by atoms with Gasteiger partial charge >= 0.3 is 0 Å². The number of nitrogens with one attached hydrogen (secondary N) is 1. The molecule has 0 rings (SSSR count). The van der Waals surface area contributed by atoms with Gasteiger partial charge in [-0.1, -0.05) is 212 Å². The number of hydrogen-bond donors (Lipinski definition) is 3. The molecule has 0 aliphatic carbocycles. The number of aliphatic hydroxyl groups excluding tert-OH is 2. The number of carbonyl (C=O) groups is 1. The van der Waals surface area contributed by atoms with Crippen LogP contribution >= 0.6 is 0 Å². The highest BCUT2D eigenvalue weighted by Gasteiger charge is 2.18. The van der Waals surface area contributed by atoms with Crippen molar-refractivity contribution in [1.82, 2.24) is 5.32 Å². The lowest BCUT2D eigenvalue weighted by atomic mass is 10.0. The molecular formula is C39H79NO3. The fourth-order valence-electron chi connectivity index (χ4n) is 6.46. The van der Waals surface area contributed by atoms with Crippen molar-refractivity contribution >= 4 is 5.91 Å². The van der Waals surface area contributed by atoms with Crippen molar-refractivity contribution in [2.24, 2.45) is 0 Å². The molecule has 0 saturated heterocycles. The average molecular weight is 610 g/mol. The van der Waals surface area contributed by atoms with Gasteiger partial charge in [-0.25, -0.2) is 0 Å². The van der Waals surface area contributed by atoms with E-state index in [9.17, 15) is 15.0 Å². The van der Waals surface area contributed by atoms with Gasteiger partial charge in [0.15, 0.2) is 0 Å². The van der Waals surface area contributed by atoms with Crippen LogP contribution in [0.25, 0.3) is 0 Å². The molecule has 0 aromatic carbocycles. The van der Waals surface area contributed by atoms with E-state index < -0.39 is 12.1 Å².